The van der Waals surface area contributed by atoms with Crippen LogP contribution in [0, 0.1) is 0 Å². The molecule has 0 aliphatic carbocycles. The van der Waals surface area contributed by atoms with Gasteiger partial charge in [-0.05, 0) is 0 Å². The fraction of sp³-hybridized carbons (Fsp3) is 0.500. The normalized spacial score (nSPS) is 21.0. The summed E-state index contributed by atoms with van der Waals surface area (Å²) >= 11 is -1.32. The Kier molecular flexibility index (Phi) is 1.25. The van der Waals surface area contributed by atoms with Gasteiger partial charge in [0.05, 0.1) is 0 Å². The van der Waals surface area contributed by atoms with Crippen molar-refractivity contribution in [3.8, 4) is 0 Å². The van der Waals surface area contributed by atoms with Gasteiger partial charge in [0.15, 0.2) is 0 Å². The van der Waals surface area contributed by atoms with Gasteiger partial charge in [-0.3, -0.25) is 0 Å². The molecule has 54 valence electrons. The standard InChI is InChI=1S/C8H12GeO/c1-9(2)3-7-5-10-6-8(7)4-9/h5-6H,3-4H2,1-2H3. The summed E-state index contributed by atoms with van der Waals surface area (Å²) in [6.07, 6.45) is 3.85. The molecule has 2 heterocycles. The summed E-state index contributed by atoms with van der Waals surface area (Å²) in [6, 6.07) is 0. The van der Waals surface area contributed by atoms with E-state index in [1.54, 1.807) is 0 Å². The fourth-order valence-electron chi connectivity index (χ4n) is 1.75. The van der Waals surface area contributed by atoms with E-state index >= 15 is 0 Å². The van der Waals surface area contributed by atoms with Gasteiger partial charge in [-0.15, -0.1) is 0 Å². The van der Waals surface area contributed by atoms with Crippen molar-refractivity contribution >= 4 is 13.3 Å². The molecule has 10 heavy (non-hydrogen) atoms. The number of hydrogen-bond acceptors (Lipinski definition) is 1. The molecule has 0 saturated heterocycles. The molecule has 0 N–H and O–H groups in total. The molecular formula is C8H12GeO. The molecular weight excluding hydrogens is 185 g/mol. The van der Waals surface area contributed by atoms with Crippen LogP contribution in [0.2, 0.25) is 11.5 Å². The molecule has 0 saturated carbocycles. The molecule has 1 nitrogen and oxygen atoms in total. The van der Waals surface area contributed by atoms with E-state index in [0.717, 1.165) is 0 Å². The van der Waals surface area contributed by atoms with Crippen molar-refractivity contribution in [2.24, 2.45) is 0 Å². The number of fused-ring (bicyclic) bond motifs is 1. The fourth-order valence-corrected chi connectivity index (χ4v) is 7.65. The molecule has 0 unspecified atom stereocenters. The minimum atomic E-state index is -1.32. The Morgan fingerprint density at radius 1 is 1.20 bits per heavy atom. The summed E-state index contributed by atoms with van der Waals surface area (Å²) in [5.41, 5.74) is 2.98. The SMILES string of the molecule is [CH3][Ge]1([CH3])[CH2]c2cocc2[CH2]1. The summed E-state index contributed by atoms with van der Waals surface area (Å²) in [6.45, 7) is 0. The number of hydrogen-bond donors (Lipinski definition) is 0. The second-order valence-electron chi connectivity index (χ2n) is 3.94. The van der Waals surface area contributed by atoms with Crippen LogP contribution in [0.1, 0.15) is 11.1 Å². The number of rotatable bonds is 0. The Balaban J connectivity index is 2.37. The van der Waals surface area contributed by atoms with Crippen LogP contribution in [0.15, 0.2) is 16.9 Å². The van der Waals surface area contributed by atoms with E-state index in [1.165, 1.54) is 21.6 Å². The molecule has 0 radical (unpaired) electrons. The van der Waals surface area contributed by atoms with E-state index in [1.807, 2.05) is 12.5 Å². The quantitative estimate of drug-likeness (QED) is 0.580. The molecule has 0 fully saturated rings. The first-order valence-corrected chi connectivity index (χ1v) is 10.9. The van der Waals surface area contributed by atoms with Crippen LogP contribution in [0.25, 0.3) is 0 Å². The van der Waals surface area contributed by atoms with E-state index in [0.29, 0.717) is 0 Å². The topological polar surface area (TPSA) is 13.1 Å². The van der Waals surface area contributed by atoms with Crippen molar-refractivity contribution in [2.45, 2.75) is 22.0 Å². The Hall–Kier alpha value is -0.177. The van der Waals surface area contributed by atoms with Gasteiger partial charge >= 0.3 is 63.4 Å². The van der Waals surface area contributed by atoms with E-state index < -0.39 is 13.3 Å². The van der Waals surface area contributed by atoms with Gasteiger partial charge in [0.2, 0.25) is 0 Å². The zero-order chi connectivity index (χ0) is 7.19. The van der Waals surface area contributed by atoms with Crippen molar-refractivity contribution in [1.29, 1.82) is 0 Å². The van der Waals surface area contributed by atoms with Crippen LogP contribution in [-0.2, 0) is 10.5 Å². The average Bonchev–Trinajstić information content (AvgIpc) is 2.20. The molecule has 0 spiro atoms. The van der Waals surface area contributed by atoms with Crippen molar-refractivity contribution < 1.29 is 4.42 Å². The zero-order valence-corrected chi connectivity index (χ0v) is 8.58. The molecule has 0 amide bonds. The third-order valence-electron chi connectivity index (χ3n) is 2.17. The molecule has 1 aliphatic rings. The van der Waals surface area contributed by atoms with E-state index in [2.05, 4.69) is 11.5 Å². The van der Waals surface area contributed by atoms with Crippen LogP contribution < -0.4 is 0 Å². The van der Waals surface area contributed by atoms with Crippen LogP contribution in [0.3, 0.4) is 0 Å². The van der Waals surface area contributed by atoms with Gasteiger partial charge < -0.3 is 0 Å². The zero-order valence-electron chi connectivity index (χ0n) is 6.48. The monoisotopic (exact) mass is 198 g/mol. The summed E-state index contributed by atoms with van der Waals surface area (Å²) < 4.78 is 5.11. The Bertz CT molecular complexity index is 227. The summed E-state index contributed by atoms with van der Waals surface area (Å²) in [5, 5.41) is 2.73. The van der Waals surface area contributed by atoms with Crippen LogP contribution in [-0.4, -0.2) is 13.3 Å². The van der Waals surface area contributed by atoms with Crippen molar-refractivity contribution in [1.82, 2.24) is 0 Å². The van der Waals surface area contributed by atoms with Crippen molar-refractivity contribution in [3.05, 3.63) is 23.7 Å². The first kappa shape index (κ1) is 6.53. The summed E-state index contributed by atoms with van der Waals surface area (Å²) in [5.74, 6) is 4.97. The van der Waals surface area contributed by atoms with E-state index in [4.69, 9.17) is 4.42 Å². The molecule has 2 heteroatoms. The first-order chi connectivity index (χ1) is 4.67. The van der Waals surface area contributed by atoms with E-state index in [-0.39, 0.29) is 0 Å². The predicted molar refractivity (Wildman–Crippen MR) is 43.6 cm³/mol. The van der Waals surface area contributed by atoms with E-state index in [9.17, 15) is 0 Å². The van der Waals surface area contributed by atoms with Crippen LogP contribution in [0.5, 0.6) is 0 Å². The minimum absolute atomic E-state index is 1.32. The van der Waals surface area contributed by atoms with Crippen molar-refractivity contribution in [3.63, 3.8) is 0 Å². The molecule has 0 atom stereocenters. The molecule has 1 aliphatic heterocycles. The molecule has 0 aromatic carbocycles. The maximum atomic E-state index is 5.11. The molecule has 2 rings (SSSR count). The average molecular weight is 197 g/mol. The third-order valence-corrected chi connectivity index (χ3v) is 7.79. The summed E-state index contributed by atoms with van der Waals surface area (Å²) in [4.78, 5) is 0. The Morgan fingerprint density at radius 2 is 1.70 bits per heavy atom. The molecule has 0 bridgehead atoms. The predicted octanol–water partition coefficient (Wildman–Crippen LogP) is 2.17. The van der Waals surface area contributed by atoms with Gasteiger partial charge in [0.1, 0.15) is 0 Å². The second-order valence-corrected chi connectivity index (χ2v) is 14.5. The maximum absolute atomic E-state index is 5.11. The van der Waals surface area contributed by atoms with Gasteiger partial charge in [-0.25, -0.2) is 0 Å². The van der Waals surface area contributed by atoms with Gasteiger partial charge in [-0.2, -0.15) is 0 Å². The second kappa shape index (κ2) is 1.91. The summed E-state index contributed by atoms with van der Waals surface area (Å²) in [7, 11) is 0. The van der Waals surface area contributed by atoms with Crippen molar-refractivity contribution in [2.75, 3.05) is 0 Å². The Labute approximate surface area is 63.8 Å². The third kappa shape index (κ3) is 0.927. The first-order valence-electron chi connectivity index (χ1n) is 3.71. The molecule has 1 aromatic rings. The molecule has 1 aromatic heterocycles. The van der Waals surface area contributed by atoms with Crippen LogP contribution in [0.4, 0.5) is 0 Å². The van der Waals surface area contributed by atoms with Gasteiger partial charge in [-0.1, -0.05) is 0 Å². The number of furan rings is 1. The van der Waals surface area contributed by atoms with Crippen LogP contribution >= 0.6 is 0 Å². The van der Waals surface area contributed by atoms with Gasteiger partial charge in [0, 0.05) is 0 Å². The Morgan fingerprint density at radius 3 is 2.20 bits per heavy atom. The van der Waals surface area contributed by atoms with Gasteiger partial charge in [0.25, 0.3) is 0 Å².